The molecule has 2 aliphatic heterocycles. The van der Waals surface area contributed by atoms with Crippen LogP contribution in [0.15, 0.2) is 28.9 Å². The summed E-state index contributed by atoms with van der Waals surface area (Å²) in [6, 6.07) is 4.28. The summed E-state index contributed by atoms with van der Waals surface area (Å²) in [6.07, 6.45) is 5.56. The van der Waals surface area contributed by atoms with Gasteiger partial charge in [-0.1, -0.05) is 0 Å². The van der Waals surface area contributed by atoms with Gasteiger partial charge in [0.1, 0.15) is 11.5 Å². The van der Waals surface area contributed by atoms with Gasteiger partial charge < -0.3 is 19.0 Å². The number of furan rings is 1. The van der Waals surface area contributed by atoms with Gasteiger partial charge in [0.2, 0.25) is 0 Å². The second-order valence-corrected chi connectivity index (χ2v) is 6.93. The van der Waals surface area contributed by atoms with E-state index < -0.39 is 0 Å². The number of aryl methyl sites for hydroxylation is 2. The Morgan fingerprint density at radius 2 is 2.32 bits per heavy atom. The maximum atomic E-state index is 12.5. The van der Waals surface area contributed by atoms with Crippen LogP contribution in [0.2, 0.25) is 0 Å². The summed E-state index contributed by atoms with van der Waals surface area (Å²) >= 11 is 0. The highest BCUT2D eigenvalue weighted by Gasteiger charge is 2.45. The Hall–Kier alpha value is -2.12. The Morgan fingerprint density at radius 1 is 1.44 bits per heavy atom. The first-order valence-corrected chi connectivity index (χ1v) is 8.81. The molecule has 2 fully saturated rings. The van der Waals surface area contributed by atoms with E-state index in [9.17, 15) is 4.79 Å². The lowest BCUT2D eigenvalue weighted by Gasteiger charge is -2.32. The van der Waals surface area contributed by atoms with Gasteiger partial charge in [-0.2, -0.15) is 0 Å². The number of amides is 1. The highest BCUT2D eigenvalue weighted by Crippen LogP contribution is 2.30. The third-order valence-electron chi connectivity index (χ3n) is 5.13. The largest absolute Gasteiger partial charge is 0.465 e. The molecule has 7 heteroatoms. The number of nitrogens with zero attached hydrogens (tertiary/aromatic N) is 3. The summed E-state index contributed by atoms with van der Waals surface area (Å²) in [4.78, 5) is 19.0. The predicted octanol–water partition coefficient (Wildman–Crippen LogP) is 1.48. The van der Waals surface area contributed by atoms with Gasteiger partial charge in [-0.05, 0) is 31.9 Å². The third-order valence-corrected chi connectivity index (χ3v) is 5.13. The molecule has 2 aromatic heterocycles. The molecule has 0 bridgehead atoms. The summed E-state index contributed by atoms with van der Waals surface area (Å²) in [5.74, 6) is 2.15. The Morgan fingerprint density at radius 3 is 3.04 bits per heavy atom. The van der Waals surface area contributed by atoms with Gasteiger partial charge in [0, 0.05) is 38.6 Å². The monoisotopic (exact) mass is 344 g/mol. The molecular weight excluding hydrogens is 320 g/mol. The Balaban J connectivity index is 1.48. The smallest absolute Gasteiger partial charge is 0.287 e. The van der Waals surface area contributed by atoms with Crippen molar-refractivity contribution in [2.45, 2.75) is 44.5 Å². The summed E-state index contributed by atoms with van der Waals surface area (Å²) in [6.45, 7) is 4.21. The summed E-state index contributed by atoms with van der Waals surface area (Å²) in [5, 5.41) is 3.12. The van der Waals surface area contributed by atoms with Gasteiger partial charge in [-0.3, -0.25) is 9.69 Å². The second-order valence-electron chi connectivity index (χ2n) is 6.93. The first kappa shape index (κ1) is 16.4. The highest BCUT2D eigenvalue weighted by atomic mass is 16.5. The minimum Gasteiger partial charge on any atom is -0.465 e. The quantitative estimate of drug-likeness (QED) is 0.910. The molecule has 0 spiro atoms. The minimum absolute atomic E-state index is 0.0222. The molecule has 25 heavy (non-hydrogen) atoms. The van der Waals surface area contributed by atoms with Crippen molar-refractivity contribution in [2.75, 3.05) is 13.2 Å². The minimum atomic E-state index is -0.152. The zero-order chi connectivity index (χ0) is 17.4. The zero-order valence-electron chi connectivity index (χ0n) is 14.6. The fourth-order valence-electron chi connectivity index (χ4n) is 3.95. The van der Waals surface area contributed by atoms with Gasteiger partial charge in [-0.15, -0.1) is 0 Å². The molecule has 2 saturated heterocycles. The number of carbonyl (C=O) groups is 1. The average molecular weight is 344 g/mol. The zero-order valence-corrected chi connectivity index (χ0v) is 14.6. The Kier molecular flexibility index (Phi) is 4.35. The highest BCUT2D eigenvalue weighted by molar-refractivity contribution is 5.91. The van der Waals surface area contributed by atoms with E-state index in [2.05, 4.69) is 15.2 Å². The number of hydrogen-bond acceptors (Lipinski definition) is 5. The molecular formula is C18H24N4O3. The van der Waals surface area contributed by atoms with Crippen molar-refractivity contribution in [1.82, 2.24) is 19.8 Å². The van der Waals surface area contributed by atoms with Gasteiger partial charge >= 0.3 is 0 Å². The summed E-state index contributed by atoms with van der Waals surface area (Å²) in [5.41, 5.74) is 0. The van der Waals surface area contributed by atoms with Crippen LogP contribution in [0.1, 0.15) is 35.0 Å². The van der Waals surface area contributed by atoms with Crippen LogP contribution in [0.4, 0.5) is 0 Å². The molecule has 1 amide bonds. The maximum absolute atomic E-state index is 12.5. The topological polar surface area (TPSA) is 72.5 Å². The molecule has 0 unspecified atom stereocenters. The lowest BCUT2D eigenvalue weighted by molar-refractivity contribution is -0.0219. The number of carbonyl (C=O) groups excluding carboxylic acids is 1. The number of likely N-dealkylation sites (tertiary alicyclic amines) is 1. The molecule has 0 radical (unpaired) electrons. The molecule has 4 heterocycles. The predicted molar refractivity (Wildman–Crippen MR) is 91.1 cm³/mol. The van der Waals surface area contributed by atoms with Crippen LogP contribution in [0, 0.1) is 6.92 Å². The van der Waals surface area contributed by atoms with Gasteiger partial charge in [0.15, 0.2) is 5.82 Å². The van der Waals surface area contributed by atoms with Crippen molar-refractivity contribution in [3.8, 4) is 0 Å². The van der Waals surface area contributed by atoms with Crippen molar-refractivity contribution in [1.29, 1.82) is 0 Å². The van der Waals surface area contributed by atoms with Crippen LogP contribution < -0.4 is 5.32 Å². The Bertz CT molecular complexity index is 753. The fourth-order valence-corrected chi connectivity index (χ4v) is 3.95. The van der Waals surface area contributed by atoms with Crippen LogP contribution in [0.3, 0.4) is 0 Å². The van der Waals surface area contributed by atoms with Crippen LogP contribution in [0.25, 0.3) is 0 Å². The molecule has 0 saturated carbocycles. The van der Waals surface area contributed by atoms with Crippen molar-refractivity contribution in [3.63, 3.8) is 0 Å². The number of nitrogens with one attached hydrogen (secondary N) is 1. The molecule has 3 atom stereocenters. The SMILES string of the molecule is Cc1ccc(CN2C[C@@H](NC(=O)c3nccn3C)[C@@H]3OCCC[C@@H]32)o1. The normalized spacial score (nSPS) is 26.6. The van der Waals surface area contributed by atoms with Crippen molar-refractivity contribution in [3.05, 3.63) is 41.9 Å². The van der Waals surface area contributed by atoms with Crippen molar-refractivity contribution in [2.24, 2.45) is 7.05 Å². The first-order valence-electron chi connectivity index (χ1n) is 8.81. The fraction of sp³-hybridized carbons (Fsp3) is 0.556. The summed E-state index contributed by atoms with van der Waals surface area (Å²) in [7, 11) is 1.82. The van der Waals surface area contributed by atoms with E-state index in [1.807, 2.05) is 26.1 Å². The van der Waals surface area contributed by atoms with E-state index in [0.29, 0.717) is 11.9 Å². The number of rotatable bonds is 4. The lowest BCUT2D eigenvalue weighted by Crippen LogP contribution is -2.48. The van der Waals surface area contributed by atoms with Crippen LogP contribution in [-0.2, 0) is 18.3 Å². The van der Waals surface area contributed by atoms with E-state index in [1.165, 1.54) is 0 Å². The standard InChI is InChI=1S/C18H24N4O3/c1-12-5-6-13(25-12)10-22-11-14(16-15(22)4-3-9-24-16)20-18(23)17-19-7-8-21(17)2/h5-8,14-16H,3-4,9-11H2,1-2H3,(H,20,23)/t14-,15+,16+/m1/s1. The van der Waals surface area contributed by atoms with Crippen molar-refractivity contribution < 1.29 is 13.9 Å². The molecule has 0 aromatic carbocycles. The van der Waals surface area contributed by atoms with E-state index in [0.717, 1.165) is 44.1 Å². The molecule has 0 aliphatic carbocycles. The van der Waals surface area contributed by atoms with E-state index >= 15 is 0 Å². The maximum Gasteiger partial charge on any atom is 0.287 e. The van der Waals surface area contributed by atoms with Crippen LogP contribution in [-0.4, -0.2) is 51.7 Å². The molecule has 7 nitrogen and oxygen atoms in total. The number of hydrogen-bond donors (Lipinski definition) is 1. The number of fused-ring (bicyclic) bond motifs is 1. The van der Waals surface area contributed by atoms with Crippen molar-refractivity contribution >= 4 is 5.91 Å². The molecule has 2 aromatic rings. The number of ether oxygens (including phenoxy) is 1. The molecule has 2 aliphatic rings. The molecule has 4 rings (SSSR count). The second kappa shape index (κ2) is 6.65. The van der Waals surface area contributed by atoms with Gasteiger partial charge in [0.25, 0.3) is 5.91 Å². The number of aromatic nitrogens is 2. The van der Waals surface area contributed by atoms with E-state index in [1.54, 1.807) is 17.0 Å². The van der Waals surface area contributed by atoms with Gasteiger partial charge in [0.05, 0.1) is 18.7 Å². The van der Waals surface area contributed by atoms with Crippen LogP contribution in [0.5, 0.6) is 0 Å². The van der Waals surface area contributed by atoms with E-state index in [-0.39, 0.29) is 18.1 Å². The van der Waals surface area contributed by atoms with Crippen LogP contribution >= 0.6 is 0 Å². The van der Waals surface area contributed by atoms with Gasteiger partial charge in [-0.25, -0.2) is 4.98 Å². The molecule has 1 N–H and O–H groups in total. The third kappa shape index (κ3) is 3.21. The number of imidazole rings is 1. The lowest BCUT2D eigenvalue weighted by atomic mass is 10.0. The van der Waals surface area contributed by atoms with E-state index in [4.69, 9.17) is 9.15 Å². The first-order chi connectivity index (χ1) is 12.1. The molecule has 134 valence electrons. The Labute approximate surface area is 147 Å². The summed E-state index contributed by atoms with van der Waals surface area (Å²) < 4.78 is 13.5. The average Bonchev–Trinajstić information content (AvgIpc) is 3.29.